The molecular weight excluding hydrogens is 303 g/mol. The molecule has 124 valence electrons. The highest BCUT2D eigenvalue weighted by molar-refractivity contribution is 6.01. The summed E-state index contributed by atoms with van der Waals surface area (Å²) in [6.07, 6.45) is -0.0303. The van der Waals surface area contributed by atoms with Crippen molar-refractivity contribution in [2.24, 2.45) is 5.92 Å². The third-order valence-electron chi connectivity index (χ3n) is 3.77. The van der Waals surface area contributed by atoms with E-state index in [0.717, 1.165) is 0 Å². The second-order valence-electron chi connectivity index (χ2n) is 5.96. The summed E-state index contributed by atoms with van der Waals surface area (Å²) in [5, 5.41) is 2.57. The molecule has 1 aromatic rings. The van der Waals surface area contributed by atoms with Gasteiger partial charge in [0.05, 0.1) is 18.7 Å². The van der Waals surface area contributed by atoms with Crippen LogP contribution in [0.3, 0.4) is 0 Å². The zero-order valence-electron chi connectivity index (χ0n) is 13.3. The molecule has 1 heterocycles. The zero-order valence-corrected chi connectivity index (χ0v) is 13.3. The molecule has 0 bridgehead atoms. The lowest BCUT2D eigenvalue weighted by Gasteiger charge is -2.25. The first kappa shape index (κ1) is 16.9. The van der Waals surface area contributed by atoms with Crippen molar-refractivity contribution in [1.29, 1.82) is 0 Å². The summed E-state index contributed by atoms with van der Waals surface area (Å²) in [7, 11) is 1.23. The van der Waals surface area contributed by atoms with E-state index < -0.39 is 29.2 Å². The molecule has 1 aliphatic heterocycles. The maximum atomic E-state index is 13.8. The number of esters is 1. The van der Waals surface area contributed by atoms with Crippen molar-refractivity contribution in [1.82, 2.24) is 5.32 Å². The molecule has 7 heteroatoms. The number of para-hydroxylation sites is 1. The van der Waals surface area contributed by atoms with E-state index in [4.69, 9.17) is 0 Å². The van der Waals surface area contributed by atoms with Crippen LogP contribution in [0.25, 0.3) is 0 Å². The van der Waals surface area contributed by atoms with Gasteiger partial charge in [0, 0.05) is 13.0 Å². The van der Waals surface area contributed by atoms with Crippen molar-refractivity contribution in [3.8, 4) is 0 Å². The first-order valence-electron chi connectivity index (χ1n) is 7.21. The van der Waals surface area contributed by atoms with E-state index in [1.165, 1.54) is 44.1 Å². The molecule has 2 rings (SSSR count). The third kappa shape index (κ3) is 3.49. The Bertz CT molecular complexity index is 645. The van der Waals surface area contributed by atoms with Gasteiger partial charge in [0.2, 0.25) is 11.8 Å². The Morgan fingerprint density at radius 3 is 2.61 bits per heavy atom. The fourth-order valence-corrected chi connectivity index (χ4v) is 2.50. The number of nitrogens with zero attached hydrogens (tertiary/aromatic N) is 1. The molecule has 0 aromatic heterocycles. The van der Waals surface area contributed by atoms with Crippen LogP contribution in [0.2, 0.25) is 0 Å². The zero-order chi connectivity index (χ0) is 17.2. The van der Waals surface area contributed by atoms with Gasteiger partial charge in [-0.3, -0.25) is 9.59 Å². The lowest BCUT2D eigenvalue weighted by Crippen LogP contribution is -2.52. The van der Waals surface area contributed by atoms with Crippen molar-refractivity contribution < 1.29 is 23.5 Å². The second-order valence-corrected chi connectivity index (χ2v) is 5.96. The molecule has 0 radical (unpaired) electrons. The van der Waals surface area contributed by atoms with Crippen molar-refractivity contribution in [3.05, 3.63) is 30.1 Å². The van der Waals surface area contributed by atoms with E-state index in [-0.39, 0.29) is 24.6 Å². The molecule has 1 fully saturated rings. The number of anilines is 1. The average Bonchev–Trinajstić information content (AvgIpc) is 2.88. The number of halogens is 1. The Labute approximate surface area is 133 Å². The van der Waals surface area contributed by atoms with Crippen molar-refractivity contribution in [3.63, 3.8) is 0 Å². The van der Waals surface area contributed by atoms with Crippen LogP contribution in [0.1, 0.15) is 20.3 Å². The van der Waals surface area contributed by atoms with Gasteiger partial charge in [-0.2, -0.15) is 0 Å². The van der Waals surface area contributed by atoms with Gasteiger partial charge in [-0.05, 0) is 26.0 Å². The van der Waals surface area contributed by atoms with E-state index >= 15 is 0 Å². The Hall–Kier alpha value is -2.44. The Morgan fingerprint density at radius 2 is 2.00 bits per heavy atom. The SMILES string of the molecule is COC(=O)C(C)(C)NC(=O)C1CC(=O)N(c2ccccc2F)C1. The molecule has 6 nitrogen and oxygen atoms in total. The molecule has 1 unspecified atom stereocenters. The minimum Gasteiger partial charge on any atom is -0.467 e. The van der Waals surface area contributed by atoms with Crippen molar-refractivity contribution in [2.45, 2.75) is 25.8 Å². The Kier molecular flexibility index (Phi) is 4.68. The molecule has 0 spiro atoms. The predicted molar refractivity (Wildman–Crippen MR) is 81.1 cm³/mol. The number of nitrogens with one attached hydrogen (secondary N) is 1. The fourth-order valence-electron chi connectivity index (χ4n) is 2.50. The van der Waals surface area contributed by atoms with Gasteiger partial charge in [0.25, 0.3) is 0 Å². The number of carbonyl (C=O) groups excluding carboxylic acids is 3. The topological polar surface area (TPSA) is 75.7 Å². The molecule has 2 amide bonds. The van der Waals surface area contributed by atoms with Crippen LogP contribution >= 0.6 is 0 Å². The molecule has 1 saturated heterocycles. The van der Waals surface area contributed by atoms with E-state index in [0.29, 0.717) is 0 Å². The summed E-state index contributed by atoms with van der Waals surface area (Å²) in [5.41, 5.74) is -1.04. The predicted octanol–water partition coefficient (Wildman–Crippen LogP) is 1.25. The van der Waals surface area contributed by atoms with Gasteiger partial charge < -0.3 is 15.0 Å². The standard InChI is InChI=1S/C16H19FN2O4/c1-16(2,15(22)23-3)18-14(21)10-8-13(20)19(9-10)12-7-5-4-6-11(12)17/h4-7,10H,8-9H2,1-3H3,(H,18,21). The highest BCUT2D eigenvalue weighted by atomic mass is 19.1. The Balaban J connectivity index is 2.09. The molecule has 23 heavy (non-hydrogen) atoms. The Morgan fingerprint density at radius 1 is 1.35 bits per heavy atom. The highest BCUT2D eigenvalue weighted by Gasteiger charge is 2.39. The number of hydrogen-bond acceptors (Lipinski definition) is 4. The maximum absolute atomic E-state index is 13.8. The second kappa shape index (κ2) is 6.36. The minimum atomic E-state index is -1.19. The highest BCUT2D eigenvalue weighted by Crippen LogP contribution is 2.27. The first-order chi connectivity index (χ1) is 10.8. The van der Waals surface area contributed by atoms with Crippen LogP contribution in [0.4, 0.5) is 10.1 Å². The van der Waals surface area contributed by atoms with Gasteiger partial charge in [0.15, 0.2) is 0 Å². The molecule has 1 aliphatic rings. The summed E-state index contributed by atoms with van der Waals surface area (Å²) < 4.78 is 18.4. The maximum Gasteiger partial charge on any atom is 0.330 e. The van der Waals surface area contributed by atoms with Crippen LogP contribution in [0.5, 0.6) is 0 Å². The number of methoxy groups -OCH3 is 1. The van der Waals surface area contributed by atoms with Gasteiger partial charge in [-0.1, -0.05) is 12.1 Å². The molecule has 0 saturated carbocycles. The summed E-state index contributed by atoms with van der Waals surface area (Å²) in [5.74, 6) is -2.51. The fraction of sp³-hybridized carbons (Fsp3) is 0.438. The molecule has 1 atom stereocenters. The van der Waals surface area contributed by atoms with Crippen LogP contribution in [0, 0.1) is 11.7 Å². The molecular formula is C16H19FN2O4. The number of ether oxygens (including phenoxy) is 1. The normalized spacial score (nSPS) is 18.0. The van der Waals surface area contributed by atoms with Crippen LogP contribution in [-0.2, 0) is 19.1 Å². The van der Waals surface area contributed by atoms with E-state index in [9.17, 15) is 18.8 Å². The summed E-state index contributed by atoms with van der Waals surface area (Å²) in [4.78, 5) is 37.3. The van der Waals surface area contributed by atoms with Crippen molar-refractivity contribution >= 4 is 23.5 Å². The third-order valence-corrected chi connectivity index (χ3v) is 3.77. The smallest absolute Gasteiger partial charge is 0.330 e. The monoisotopic (exact) mass is 322 g/mol. The van der Waals surface area contributed by atoms with Gasteiger partial charge in [0.1, 0.15) is 11.4 Å². The lowest BCUT2D eigenvalue weighted by atomic mass is 10.0. The van der Waals surface area contributed by atoms with Crippen molar-refractivity contribution in [2.75, 3.05) is 18.6 Å². The number of rotatable bonds is 4. The average molecular weight is 322 g/mol. The molecule has 1 N–H and O–H groups in total. The number of benzene rings is 1. The van der Waals surface area contributed by atoms with Crippen LogP contribution < -0.4 is 10.2 Å². The van der Waals surface area contributed by atoms with Gasteiger partial charge in [-0.25, -0.2) is 9.18 Å². The summed E-state index contributed by atoms with van der Waals surface area (Å²) in [6, 6.07) is 5.91. The quantitative estimate of drug-likeness (QED) is 0.847. The van der Waals surface area contributed by atoms with Gasteiger partial charge in [-0.15, -0.1) is 0 Å². The largest absolute Gasteiger partial charge is 0.467 e. The van der Waals surface area contributed by atoms with Gasteiger partial charge >= 0.3 is 5.97 Å². The number of hydrogen-bond donors (Lipinski definition) is 1. The minimum absolute atomic E-state index is 0.0303. The lowest BCUT2D eigenvalue weighted by molar-refractivity contribution is -0.149. The van der Waals surface area contributed by atoms with E-state index in [1.54, 1.807) is 6.07 Å². The number of carbonyl (C=O) groups is 3. The summed E-state index contributed by atoms with van der Waals surface area (Å²) in [6.45, 7) is 3.10. The van der Waals surface area contributed by atoms with E-state index in [2.05, 4.69) is 10.1 Å². The molecule has 0 aliphatic carbocycles. The van der Waals surface area contributed by atoms with Crippen LogP contribution in [-0.4, -0.2) is 37.0 Å². The number of amides is 2. The van der Waals surface area contributed by atoms with E-state index in [1.807, 2.05) is 0 Å². The van der Waals surface area contributed by atoms with Crippen LogP contribution in [0.15, 0.2) is 24.3 Å². The summed E-state index contributed by atoms with van der Waals surface area (Å²) >= 11 is 0. The first-order valence-corrected chi connectivity index (χ1v) is 7.21. The molecule has 1 aromatic carbocycles.